The monoisotopic (exact) mass is 323 g/mol. The van der Waals surface area contributed by atoms with Gasteiger partial charge in [-0.25, -0.2) is 0 Å². The van der Waals surface area contributed by atoms with Crippen LogP contribution in [0.4, 0.5) is 5.69 Å². The minimum Gasteiger partial charge on any atom is -0.306 e. The topological polar surface area (TPSA) is 57.0 Å². The fraction of sp³-hybridized carbons (Fsp3) is 0.278. The number of benzene rings is 1. The molecule has 0 saturated heterocycles. The first-order valence-electron chi connectivity index (χ1n) is 7.67. The number of carbonyl (C=O) groups is 1. The maximum absolute atomic E-state index is 12.9. The van der Waals surface area contributed by atoms with Crippen LogP contribution in [-0.2, 0) is 6.42 Å². The summed E-state index contributed by atoms with van der Waals surface area (Å²) in [5, 5.41) is 9.41. The number of aromatic nitrogens is 1. The lowest BCUT2D eigenvalue weighted by Crippen LogP contribution is -2.38. The number of amides is 1. The van der Waals surface area contributed by atoms with Crippen LogP contribution in [0.2, 0.25) is 5.02 Å². The van der Waals surface area contributed by atoms with Gasteiger partial charge in [-0.1, -0.05) is 11.6 Å². The third kappa shape index (κ3) is 2.38. The highest BCUT2D eigenvalue weighted by Gasteiger charge is 2.32. The van der Waals surface area contributed by atoms with Crippen LogP contribution in [0.3, 0.4) is 0 Å². The number of carbonyl (C=O) groups excluding carboxylic acids is 1. The Hall–Kier alpha value is -2.38. The van der Waals surface area contributed by atoms with Gasteiger partial charge in [0.2, 0.25) is 0 Å². The molecule has 114 valence electrons. The van der Waals surface area contributed by atoms with Gasteiger partial charge in [-0.05, 0) is 54.5 Å². The average Bonchev–Trinajstić information content (AvgIpc) is 3.40. The summed E-state index contributed by atoms with van der Waals surface area (Å²) in [5.41, 5.74) is 4.02. The Morgan fingerprint density at radius 2 is 2.17 bits per heavy atom. The van der Waals surface area contributed by atoms with Gasteiger partial charge in [-0.2, -0.15) is 5.26 Å². The maximum Gasteiger partial charge on any atom is 0.258 e. The lowest BCUT2D eigenvalue weighted by Gasteiger charge is -2.30. The minimum absolute atomic E-state index is 0.0625. The van der Waals surface area contributed by atoms with Crippen molar-refractivity contribution in [3.8, 4) is 6.07 Å². The third-order valence-corrected chi connectivity index (χ3v) is 4.85. The first-order valence-corrected chi connectivity index (χ1v) is 8.05. The summed E-state index contributed by atoms with van der Waals surface area (Å²) in [6, 6.07) is 7.44. The largest absolute Gasteiger partial charge is 0.306 e. The highest BCUT2D eigenvalue weighted by Crippen LogP contribution is 2.44. The molecule has 2 heterocycles. The maximum atomic E-state index is 12.9. The third-order valence-electron chi connectivity index (χ3n) is 4.53. The van der Waals surface area contributed by atoms with Crippen molar-refractivity contribution in [3.05, 3.63) is 57.9 Å². The van der Waals surface area contributed by atoms with Crippen LogP contribution < -0.4 is 4.90 Å². The Bertz CT molecular complexity index is 852. The van der Waals surface area contributed by atoms with Crippen LogP contribution in [0.15, 0.2) is 30.6 Å². The van der Waals surface area contributed by atoms with E-state index in [0.717, 1.165) is 11.3 Å². The number of nitrogens with zero attached hydrogens (tertiary/aromatic N) is 3. The number of fused-ring (bicyclic) bond motifs is 1. The lowest BCUT2D eigenvalue weighted by molar-refractivity contribution is 0.0980. The van der Waals surface area contributed by atoms with Crippen LogP contribution in [0.5, 0.6) is 0 Å². The number of anilines is 1. The van der Waals surface area contributed by atoms with Crippen molar-refractivity contribution in [3.63, 3.8) is 0 Å². The second kappa shape index (κ2) is 5.36. The highest BCUT2D eigenvalue weighted by molar-refractivity contribution is 6.32. The van der Waals surface area contributed by atoms with E-state index >= 15 is 0 Å². The van der Waals surface area contributed by atoms with Gasteiger partial charge in [0.1, 0.15) is 6.07 Å². The molecule has 1 amide bonds. The molecule has 4 nitrogen and oxygen atoms in total. The number of pyridine rings is 1. The molecule has 1 aromatic carbocycles. The van der Waals surface area contributed by atoms with Crippen molar-refractivity contribution in [2.75, 3.05) is 11.4 Å². The highest BCUT2D eigenvalue weighted by atomic mass is 35.5. The molecule has 23 heavy (non-hydrogen) atoms. The Morgan fingerprint density at radius 3 is 2.91 bits per heavy atom. The molecule has 2 aromatic rings. The van der Waals surface area contributed by atoms with Gasteiger partial charge in [0.15, 0.2) is 0 Å². The van der Waals surface area contributed by atoms with Crippen LogP contribution in [0, 0.1) is 11.3 Å². The zero-order valence-corrected chi connectivity index (χ0v) is 13.2. The first-order chi connectivity index (χ1) is 11.2. The second-order valence-corrected chi connectivity index (χ2v) is 6.42. The molecular formula is C18H14ClN3O. The quantitative estimate of drug-likeness (QED) is 0.847. The van der Waals surface area contributed by atoms with E-state index in [2.05, 4.69) is 11.1 Å². The summed E-state index contributed by atoms with van der Waals surface area (Å²) in [6.45, 7) is 0.601. The van der Waals surface area contributed by atoms with Crippen molar-refractivity contribution in [1.29, 1.82) is 5.26 Å². The molecule has 0 radical (unpaired) electrons. The smallest absolute Gasteiger partial charge is 0.258 e. The molecule has 0 spiro atoms. The van der Waals surface area contributed by atoms with Crippen molar-refractivity contribution in [1.82, 2.24) is 4.98 Å². The molecule has 2 aliphatic rings. The Morgan fingerprint density at radius 1 is 1.35 bits per heavy atom. The van der Waals surface area contributed by atoms with Gasteiger partial charge >= 0.3 is 0 Å². The molecule has 5 heteroatoms. The number of nitriles is 1. The molecule has 1 aromatic heterocycles. The molecule has 0 unspecified atom stereocenters. The van der Waals surface area contributed by atoms with Gasteiger partial charge < -0.3 is 4.90 Å². The predicted octanol–water partition coefficient (Wildman–Crippen LogP) is 3.69. The van der Waals surface area contributed by atoms with Gasteiger partial charge in [0.05, 0.1) is 22.5 Å². The standard InChI is InChI=1S/C18H14ClN3O/c19-16-8-15-12(7-13(16)9-20)4-6-22(18(15)23)17-10-21-5-3-14(17)11-1-2-11/h3,5,7-8,10-11H,1-2,4,6H2. The predicted molar refractivity (Wildman–Crippen MR) is 87.8 cm³/mol. The molecule has 0 N–H and O–H groups in total. The number of rotatable bonds is 2. The number of halogens is 1. The van der Waals surface area contributed by atoms with E-state index < -0.39 is 0 Å². The van der Waals surface area contributed by atoms with E-state index in [1.54, 1.807) is 29.4 Å². The van der Waals surface area contributed by atoms with E-state index in [9.17, 15) is 4.79 Å². The van der Waals surface area contributed by atoms with Crippen LogP contribution in [0.1, 0.15) is 45.8 Å². The van der Waals surface area contributed by atoms with E-state index in [-0.39, 0.29) is 5.91 Å². The summed E-state index contributed by atoms with van der Waals surface area (Å²) in [6.07, 6.45) is 6.63. The van der Waals surface area contributed by atoms with Crippen LogP contribution >= 0.6 is 11.6 Å². The molecule has 0 bridgehead atoms. The van der Waals surface area contributed by atoms with Crippen molar-refractivity contribution in [2.45, 2.75) is 25.2 Å². The Kier molecular flexibility index (Phi) is 3.32. The molecule has 4 rings (SSSR count). The van der Waals surface area contributed by atoms with Crippen molar-refractivity contribution >= 4 is 23.2 Å². The molecule has 1 aliphatic carbocycles. The summed E-state index contributed by atoms with van der Waals surface area (Å²) in [4.78, 5) is 18.9. The van der Waals surface area contributed by atoms with Crippen LogP contribution in [0.25, 0.3) is 0 Å². The van der Waals surface area contributed by atoms with E-state index in [1.165, 1.54) is 18.4 Å². The van der Waals surface area contributed by atoms with Gasteiger partial charge in [-0.3, -0.25) is 9.78 Å². The second-order valence-electron chi connectivity index (χ2n) is 6.02. The normalized spacial score (nSPS) is 16.9. The van der Waals surface area contributed by atoms with Gasteiger partial charge in [0, 0.05) is 18.3 Å². The van der Waals surface area contributed by atoms with Crippen molar-refractivity contribution in [2.24, 2.45) is 0 Å². The molecule has 1 aliphatic heterocycles. The average molecular weight is 324 g/mol. The minimum atomic E-state index is -0.0625. The van der Waals surface area contributed by atoms with Gasteiger partial charge in [0.25, 0.3) is 5.91 Å². The summed E-state index contributed by atoms with van der Waals surface area (Å²) in [7, 11) is 0. The fourth-order valence-corrected chi connectivity index (χ4v) is 3.39. The molecule has 0 atom stereocenters. The summed E-state index contributed by atoms with van der Waals surface area (Å²) < 4.78 is 0. The van der Waals surface area contributed by atoms with Crippen molar-refractivity contribution < 1.29 is 4.79 Å². The number of hydrogen-bond donors (Lipinski definition) is 0. The molecular weight excluding hydrogens is 310 g/mol. The first kappa shape index (κ1) is 14.2. The summed E-state index contributed by atoms with van der Waals surface area (Å²) >= 11 is 6.11. The lowest BCUT2D eigenvalue weighted by atomic mass is 9.95. The van der Waals surface area contributed by atoms with E-state index in [0.29, 0.717) is 35.0 Å². The van der Waals surface area contributed by atoms with Gasteiger partial charge in [-0.15, -0.1) is 0 Å². The fourth-order valence-electron chi connectivity index (χ4n) is 3.18. The summed E-state index contributed by atoms with van der Waals surface area (Å²) in [5.74, 6) is 0.485. The SMILES string of the molecule is N#Cc1cc2c(cc1Cl)C(=O)N(c1cnccc1C1CC1)CC2. The number of hydrogen-bond acceptors (Lipinski definition) is 3. The zero-order valence-electron chi connectivity index (χ0n) is 12.4. The van der Waals surface area contributed by atoms with E-state index in [4.69, 9.17) is 16.9 Å². The molecule has 1 saturated carbocycles. The zero-order chi connectivity index (χ0) is 16.0. The Balaban J connectivity index is 1.76. The molecule has 1 fully saturated rings. The van der Waals surface area contributed by atoms with E-state index in [1.807, 2.05) is 6.07 Å². The Labute approximate surface area is 139 Å². The van der Waals surface area contributed by atoms with Crippen LogP contribution in [-0.4, -0.2) is 17.4 Å².